The summed E-state index contributed by atoms with van der Waals surface area (Å²) in [5.41, 5.74) is 0. The van der Waals surface area contributed by atoms with Crippen molar-refractivity contribution in [3.8, 4) is 0 Å². The van der Waals surface area contributed by atoms with E-state index in [9.17, 15) is 10.2 Å². The zero-order chi connectivity index (χ0) is 66.6. The van der Waals surface area contributed by atoms with Gasteiger partial charge in [0.1, 0.15) is 0 Å². The molecule has 0 unspecified atom stereocenters. The van der Waals surface area contributed by atoms with Crippen LogP contribution in [0.25, 0.3) is 0 Å². The number of nitrogens with zero attached hydrogens (tertiary/aromatic N) is 4. The van der Waals surface area contributed by atoms with Crippen LogP contribution in [0.1, 0.15) is 351 Å². The van der Waals surface area contributed by atoms with E-state index in [1.807, 2.05) is 0 Å². The number of aliphatic hydroxyl groups is 4. The maximum Gasteiger partial charge on any atom is 0.0558 e. The molecule has 0 aromatic carbocycles. The minimum Gasteiger partial charge on any atom is -0.395 e. The second-order valence-electron chi connectivity index (χ2n) is 26.7. The van der Waals surface area contributed by atoms with Crippen molar-refractivity contribution in [2.75, 3.05) is 157 Å². The van der Waals surface area contributed by atoms with Gasteiger partial charge in [-0.3, -0.25) is 14.7 Å². The Morgan fingerprint density at radius 1 is 0.189 bits per heavy atom. The summed E-state index contributed by atoms with van der Waals surface area (Å²) in [6.45, 7) is 38.7. The summed E-state index contributed by atoms with van der Waals surface area (Å²) in [5.74, 6) is 0. The summed E-state index contributed by atoms with van der Waals surface area (Å²) in [6.07, 6.45) is 64.5. The summed E-state index contributed by atoms with van der Waals surface area (Å²) < 4.78 is 0. The zero-order valence-electron chi connectivity index (χ0n) is 63.1. The van der Waals surface area contributed by atoms with Gasteiger partial charge in [0.15, 0.2) is 0 Å². The number of nitrogens with one attached hydrogen (secondary N) is 4. The number of hydrogen-bond acceptors (Lipinski definition) is 12. The van der Waals surface area contributed by atoms with Gasteiger partial charge in [-0.15, -0.1) is 0 Å². The molecule has 12 nitrogen and oxygen atoms in total. The largest absolute Gasteiger partial charge is 0.395 e. The average Bonchev–Trinajstić information content (AvgIpc) is 3.58. The molecule has 0 radical (unpaired) electrons. The maximum absolute atomic E-state index is 9.18. The quantitative estimate of drug-likeness (QED) is 0.0275. The van der Waals surface area contributed by atoms with Gasteiger partial charge < -0.3 is 46.6 Å². The lowest BCUT2D eigenvalue weighted by Crippen LogP contribution is -2.39. The molecule has 0 aliphatic carbocycles. The molecule has 0 atom stereocenters. The predicted molar refractivity (Wildman–Crippen MR) is 403 cm³/mol. The van der Waals surface area contributed by atoms with Crippen molar-refractivity contribution in [3.05, 3.63) is 0 Å². The molecule has 548 valence electrons. The van der Waals surface area contributed by atoms with Crippen LogP contribution in [0.3, 0.4) is 0 Å². The second kappa shape index (κ2) is 92.7. The number of β-amino-alcohol motifs (C(OH)–C–C–N with tert-alkyl or cyclic N) is 4. The third-order valence-corrected chi connectivity index (χ3v) is 17.7. The van der Waals surface area contributed by atoms with E-state index in [-0.39, 0.29) is 26.4 Å². The van der Waals surface area contributed by atoms with E-state index in [0.29, 0.717) is 0 Å². The number of hydrogen-bond donors (Lipinski definition) is 8. The Kier molecular flexibility index (Phi) is 98.8. The standard InChI is InChI=1S/2C15H34N4O2.4C12H26/c20-14-12-18-8-1-4-16-5-2-10-19(13-15-21)11-7-17-6-3-9-18;20-14-12-18-8-2-6-16-4-1-5-17-7-3-9-19(11-10-18)13-15-21;4*1-3-5-7-9-11-12-10-8-6-4-2/h2*16-17,20-21H,1-15H2;4*3-12H2,1-2H3. The Hall–Kier alpha value is -0.480. The van der Waals surface area contributed by atoms with E-state index >= 15 is 0 Å². The van der Waals surface area contributed by atoms with Crippen LogP contribution < -0.4 is 21.3 Å². The van der Waals surface area contributed by atoms with Crippen LogP contribution >= 0.6 is 0 Å². The molecule has 2 fully saturated rings. The first-order valence-electron chi connectivity index (χ1n) is 40.5. The molecule has 0 saturated carbocycles. The topological polar surface area (TPSA) is 142 Å². The second-order valence-corrected chi connectivity index (χ2v) is 26.7. The van der Waals surface area contributed by atoms with Gasteiger partial charge in [-0.25, -0.2) is 0 Å². The van der Waals surface area contributed by atoms with Gasteiger partial charge in [-0.05, 0) is 117 Å². The normalized spacial score (nSPS) is 16.1. The van der Waals surface area contributed by atoms with Gasteiger partial charge in [0.25, 0.3) is 0 Å². The minimum absolute atomic E-state index is 0.220. The smallest absolute Gasteiger partial charge is 0.0558 e. The van der Waals surface area contributed by atoms with Gasteiger partial charge in [-0.1, -0.05) is 312 Å². The number of unbranched alkanes of at least 4 members (excludes halogenated alkanes) is 36. The monoisotopic (exact) mass is 1290 g/mol. The Labute approximate surface area is 566 Å². The van der Waals surface area contributed by atoms with Crippen molar-refractivity contribution in [2.45, 2.75) is 351 Å². The molecule has 12 heteroatoms. The fourth-order valence-electron chi connectivity index (χ4n) is 11.6. The molecule has 2 saturated heterocycles. The molecular weight excluding hydrogens is 1110 g/mol. The highest BCUT2D eigenvalue weighted by atomic mass is 16.3. The van der Waals surface area contributed by atoms with Crippen LogP contribution in [0, 0.1) is 0 Å². The summed E-state index contributed by atoms with van der Waals surface area (Å²) >= 11 is 0. The van der Waals surface area contributed by atoms with Crippen molar-refractivity contribution in [3.63, 3.8) is 0 Å². The van der Waals surface area contributed by atoms with Crippen molar-refractivity contribution < 1.29 is 20.4 Å². The van der Waals surface area contributed by atoms with E-state index < -0.39 is 0 Å². The summed E-state index contributed by atoms with van der Waals surface area (Å²) in [5, 5.41) is 50.5. The van der Waals surface area contributed by atoms with Gasteiger partial charge in [-0.2, -0.15) is 0 Å². The lowest BCUT2D eigenvalue weighted by atomic mass is 10.1. The third-order valence-electron chi connectivity index (χ3n) is 17.7. The van der Waals surface area contributed by atoms with Gasteiger partial charge in [0.05, 0.1) is 26.4 Å². The summed E-state index contributed by atoms with van der Waals surface area (Å²) in [4.78, 5) is 9.32. The molecule has 0 spiro atoms. The summed E-state index contributed by atoms with van der Waals surface area (Å²) in [6, 6.07) is 0. The van der Waals surface area contributed by atoms with Crippen molar-refractivity contribution >= 4 is 0 Å². The highest BCUT2D eigenvalue weighted by Gasteiger charge is 2.10. The van der Waals surface area contributed by atoms with Crippen LogP contribution in [0.15, 0.2) is 0 Å². The number of aliphatic hydroxyl groups excluding tert-OH is 4. The third kappa shape index (κ3) is 89.6. The molecule has 2 rings (SSSR count). The van der Waals surface area contributed by atoms with Crippen molar-refractivity contribution in [1.82, 2.24) is 40.9 Å². The van der Waals surface area contributed by atoms with Gasteiger partial charge in [0.2, 0.25) is 0 Å². The van der Waals surface area contributed by atoms with Crippen molar-refractivity contribution in [1.29, 1.82) is 0 Å². The molecule has 2 aliphatic heterocycles. The predicted octanol–water partition coefficient (Wildman–Crippen LogP) is 17.6. The lowest BCUT2D eigenvalue weighted by Gasteiger charge is -2.27. The van der Waals surface area contributed by atoms with Crippen LogP contribution in [-0.4, -0.2) is 197 Å². The van der Waals surface area contributed by atoms with Gasteiger partial charge in [0, 0.05) is 52.4 Å². The summed E-state index contributed by atoms with van der Waals surface area (Å²) in [7, 11) is 0. The van der Waals surface area contributed by atoms with Crippen LogP contribution in [0.2, 0.25) is 0 Å². The van der Waals surface area contributed by atoms with E-state index in [1.165, 1.54) is 263 Å². The molecule has 0 amide bonds. The zero-order valence-corrected chi connectivity index (χ0v) is 63.1. The van der Waals surface area contributed by atoms with E-state index in [4.69, 9.17) is 10.2 Å². The van der Waals surface area contributed by atoms with Crippen molar-refractivity contribution in [2.24, 2.45) is 0 Å². The molecule has 2 aliphatic rings. The fraction of sp³-hybridized carbons (Fsp3) is 1.00. The van der Waals surface area contributed by atoms with E-state index in [0.717, 1.165) is 163 Å². The molecule has 8 N–H and O–H groups in total. The molecule has 90 heavy (non-hydrogen) atoms. The first kappa shape index (κ1) is 95.9. The Balaban J connectivity index is -0.000000504. The Morgan fingerprint density at radius 2 is 0.344 bits per heavy atom. The van der Waals surface area contributed by atoms with Gasteiger partial charge >= 0.3 is 0 Å². The van der Waals surface area contributed by atoms with E-state index in [1.54, 1.807) is 0 Å². The highest BCUT2D eigenvalue weighted by molar-refractivity contribution is 4.68. The molecule has 0 bridgehead atoms. The molecule has 0 aromatic rings. The molecule has 2 heterocycles. The Morgan fingerprint density at radius 3 is 0.533 bits per heavy atom. The first-order chi connectivity index (χ1) is 44.4. The maximum atomic E-state index is 9.18. The highest BCUT2D eigenvalue weighted by Crippen LogP contribution is 2.14. The van der Waals surface area contributed by atoms with Crippen LogP contribution in [0.5, 0.6) is 0 Å². The fourth-order valence-corrected chi connectivity index (χ4v) is 11.6. The number of rotatable bonds is 44. The molecular formula is C78H172N8O4. The molecule has 0 aromatic heterocycles. The van der Waals surface area contributed by atoms with E-state index in [2.05, 4.69) is 96.3 Å². The van der Waals surface area contributed by atoms with Crippen LogP contribution in [-0.2, 0) is 0 Å². The Bertz CT molecular complexity index is 1000. The minimum atomic E-state index is 0.220. The average molecular weight is 1290 g/mol. The lowest BCUT2D eigenvalue weighted by molar-refractivity contribution is 0.149. The van der Waals surface area contributed by atoms with Crippen LogP contribution in [0.4, 0.5) is 0 Å². The first-order valence-corrected chi connectivity index (χ1v) is 40.5. The SMILES string of the molecule is CCCCCCCCCCCC.CCCCCCCCCCCC.CCCCCCCCCCCC.CCCCCCCCCCCC.OCCN1CCCNCCCN(CCO)CCNCCC1.OCCN1CCCNCCCNCCCN(CCO)CC1.